The van der Waals surface area contributed by atoms with Crippen molar-refractivity contribution < 1.29 is 14.3 Å². The standard InChI is InChI=1S/C25H33N7O3S/c1-31-9-8-20(30-31)27-25-28-23(35-17-5-3-16(4-6-17)32-10-12-34-13-11-32)21-18-14-15(22(26)33)2-7-19(18)36-24(21)29-25/h8-9,15-17H,2-7,10-14H2,1H3,(H2,26,33)(H,27,28,29,30)/t15-,16?,17?/m1/s1. The molecule has 0 aromatic carbocycles. The number of morpholine rings is 1. The molecule has 0 radical (unpaired) electrons. The van der Waals surface area contributed by atoms with Crippen LogP contribution < -0.4 is 15.8 Å². The lowest BCUT2D eigenvalue weighted by Gasteiger charge is -2.38. The van der Waals surface area contributed by atoms with Gasteiger partial charge in [-0.1, -0.05) is 0 Å². The maximum absolute atomic E-state index is 12.0. The van der Waals surface area contributed by atoms with E-state index in [-0.39, 0.29) is 17.9 Å². The van der Waals surface area contributed by atoms with Crippen molar-refractivity contribution in [3.05, 3.63) is 22.7 Å². The van der Waals surface area contributed by atoms with Gasteiger partial charge in [-0.2, -0.15) is 10.1 Å². The molecule has 1 saturated carbocycles. The fourth-order valence-electron chi connectivity index (χ4n) is 5.75. The van der Waals surface area contributed by atoms with Crippen LogP contribution in [0.1, 0.15) is 42.5 Å². The molecule has 1 atom stereocenters. The highest BCUT2D eigenvalue weighted by atomic mass is 32.1. The Hall–Kier alpha value is -2.76. The maximum atomic E-state index is 12.0. The smallest absolute Gasteiger partial charge is 0.233 e. The number of carbonyl (C=O) groups is 1. The molecular formula is C25H33N7O3S. The highest BCUT2D eigenvalue weighted by molar-refractivity contribution is 7.18. The summed E-state index contributed by atoms with van der Waals surface area (Å²) >= 11 is 1.67. The Morgan fingerprint density at radius 1 is 1.19 bits per heavy atom. The minimum absolute atomic E-state index is 0.106. The van der Waals surface area contributed by atoms with Gasteiger partial charge >= 0.3 is 0 Å². The molecule has 3 aliphatic rings. The normalized spacial score (nSPS) is 25.0. The number of fused-ring (bicyclic) bond motifs is 3. The Morgan fingerprint density at radius 3 is 2.72 bits per heavy atom. The summed E-state index contributed by atoms with van der Waals surface area (Å²) in [6.45, 7) is 3.70. The van der Waals surface area contributed by atoms with Gasteiger partial charge in [0.05, 0.1) is 18.6 Å². The molecule has 2 fully saturated rings. The molecule has 1 aliphatic heterocycles. The Kier molecular flexibility index (Phi) is 6.53. The number of anilines is 2. The van der Waals surface area contributed by atoms with E-state index in [0.717, 1.165) is 80.6 Å². The van der Waals surface area contributed by atoms with Gasteiger partial charge in [-0.15, -0.1) is 11.3 Å². The summed E-state index contributed by atoms with van der Waals surface area (Å²) < 4.78 is 13.9. The number of ether oxygens (including phenoxy) is 2. The molecule has 0 bridgehead atoms. The summed E-state index contributed by atoms with van der Waals surface area (Å²) in [6, 6.07) is 2.49. The van der Waals surface area contributed by atoms with Crippen LogP contribution in [0.4, 0.5) is 11.8 Å². The van der Waals surface area contributed by atoms with Gasteiger partial charge in [-0.25, -0.2) is 4.98 Å². The number of rotatable bonds is 6. The molecule has 36 heavy (non-hydrogen) atoms. The third-order valence-corrected chi connectivity index (χ3v) is 8.90. The number of primary amides is 1. The van der Waals surface area contributed by atoms with Crippen molar-refractivity contribution in [2.75, 3.05) is 31.6 Å². The number of nitrogens with two attached hydrogens (primary N) is 1. The number of nitrogens with one attached hydrogen (secondary N) is 1. The average Bonchev–Trinajstić information content (AvgIpc) is 3.47. The number of hydrogen-bond acceptors (Lipinski definition) is 9. The van der Waals surface area contributed by atoms with E-state index in [1.807, 2.05) is 19.3 Å². The van der Waals surface area contributed by atoms with Gasteiger partial charge in [-0.3, -0.25) is 14.4 Å². The lowest BCUT2D eigenvalue weighted by atomic mass is 9.87. The molecule has 3 N–H and O–H groups in total. The second-order valence-electron chi connectivity index (χ2n) is 10.1. The Balaban J connectivity index is 1.28. The number of nitrogens with zero attached hydrogens (tertiary/aromatic N) is 5. The van der Waals surface area contributed by atoms with E-state index < -0.39 is 0 Å². The summed E-state index contributed by atoms with van der Waals surface area (Å²) in [7, 11) is 1.87. The van der Waals surface area contributed by atoms with Crippen LogP contribution in [0.5, 0.6) is 5.88 Å². The molecule has 10 nitrogen and oxygen atoms in total. The van der Waals surface area contributed by atoms with Crippen LogP contribution in [0.25, 0.3) is 10.2 Å². The number of aryl methyl sites for hydroxylation is 2. The van der Waals surface area contributed by atoms with E-state index in [1.54, 1.807) is 16.0 Å². The summed E-state index contributed by atoms with van der Waals surface area (Å²) in [5, 5.41) is 8.58. The third kappa shape index (κ3) is 4.79. The van der Waals surface area contributed by atoms with Crippen LogP contribution in [0.3, 0.4) is 0 Å². The first-order valence-electron chi connectivity index (χ1n) is 12.9. The predicted octanol–water partition coefficient (Wildman–Crippen LogP) is 2.78. The van der Waals surface area contributed by atoms with Gasteiger partial charge in [0.25, 0.3) is 0 Å². The minimum atomic E-state index is -0.238. The molecule has 11 heteroatoms. The van der Waals surface area contributed by atoms with Gasteiger partial charge in [0.1, 0.15) is 10.9 Å². The number of carbonyl (C=O) groups excluding carboxylic acids is 1. The first-order chi connectivity index (χ1) is 17.5. The lowest BCUT2D eigenvalue weighted by molar-refractivity contribution is -0.122. The molecule has 0 spiro atoms. The van der Waals surface area contributed by atoms with Crippen molar-refractivity contribution in [2.45, 2.75) is 57.1 Å². The van der Waals surface area contributed by atoms with Crippen LogP contribution in [0, 0.1) is 5.92 Å². The minimum Gasteiger partial charge on any atom is -0.474 e. The third-order valence-electron chi connectivity index (χ3n) is 7.71. The summed E-state index contributed by atoms with van der Waals surface area (Å²) in [4.78, 5) is 26.3. The van der Waals surface area contributed by atoms with E-state index >= 15 is 0 Å². The molecule has 3 aromatic heterocycles. The van der Waals surface area contributed by atoms with Crippen LogP contribution in [-0.2, 0) is 29.4 Å². The molecule has 6 rings (SSSR count). The Labute approximate surface area is 214 Å². The first kappa shape index (κ1) is 23.6. The molecule has 4 heterocycles. The fraction of sp³-hybridized carbons (Fsp3) is 0.600. The van der Waals surface area contributed by atoms with Crippen LogP contribution >= 0.6 is 11.3 Å². The number of hydrogen-bond donors (Lipinski definition) is 2. The van der Waals surface area contributed by atoms with Crippen molar-refractivity contribution >= 4 is 39.2 Å². The quantitative estimate of drug-likeness (QED) is 0.518. The van der Waals surface area contributed by atoms with E-state index in [2.05, 4.69) is 15.3 Å². The Bertz CT molecular complexity index is 1240. The highest BCUT2D eigenvalue weighted by Crippen LogP contribution is 2.42. The van der Waals surface area contributed by atoms with Crippen LogP contribution in [0.2, 0.25) is 0 Å². The molecule has 2 aliphatic carbocycles. The Morgan fingerprint density at radius 2 is 2.00 bits per heavy atom. The van der Waals surface area contributed by atoms with Crippen molar-refractivity contribution in [2.24, 2.45) is 18.7 Å². The number of thiophene rings is 1. The van der Waals surface area contributed by atoms with E-state index in [9.17, 15) is 4.79 Å². The van der Waals surface area contributed by atoms with Crippen molar-refractivity contribution in [1.82, 2.24) is 24.6 Å². The molecule has 3 aromatic rings. The van der Waals surface area contributed by atoms with Gasteiger partial charge in [-0.05, 0) is 50.5 Å². The molecule has 192 valence electrons. The van der Waals surface area contributed by atoms with Crippen LogP contribution in [0.15, 0.2) is 12.3 Å². The van der Waals surface area contributed by atoms with Gasteiger partial charge < -0.3 is 20.5 Å². The van der Waals surface area contributed by atoms with Gasteiger partial charge in [0, 0.05) is 49.2 Å². The zero-order valence-electron chi connectivity index (χ0n) is 20.6. The van der Waals surface area contributed by atoms with E-state index in [4.69, 9.17) is 25.2 Å². The van der Waals surface area contributed by atoms with E-state index in [1.165, 1.54) is 4.88 Å². The first-order valence-corrected chi connectivity index (χ1v) is 13.7. The fourth-order valence-corrected chi connectivity index (χ4v) is 6.96. The van der Waals surface area contributed by atoms with Crippen molar-refractivity contribution in [1.29, 1.82) is 0 Å². The second-order valence-corrected chi connectivity index (χ2v) is 11.2. The summed E-state index contributed by atoms with van der Waals surface area (Å²) in [5.41, 5.74) is 6.81. The zero-order chi connectivity index (χ0) is 24.6. The molecule has 1 amide bonds. The van der Waals surface area contributed by atoms with Gasteiger partial charge in [0.2, 0.25) is 17.7 Å². The topological polar surface area (TPSA) is 120 Å². The zero-order valence-corrected chi connectivity index (χ0v) is 21.4. The number of aromatic nitrogens is 4. The molecule has 0 unspecified atom stereocenters. The SMILES string of the molecule is Cn1ccc(Nc2nc(OC3CCC(N4CCOCC4)CC3)c3c4c(sc3n2)CC[C@@H](C(N)=O)C4)n1. The second kappa shape index (κ2) is 9.95. The maximum Gasteiger partial charge on any atom is 0.233 e. The largest absolute Gasteiger partial charge is 0.474 e. The predicted molar refractivity (Wildman–Crippen MR) is 138 cm³/mol. The van der Waals surface area contributed by atoms with Crippen LogP contribution in [-0.4, -0.2) is 69.0 Å². The van der Waals surface area contributed by atoms with Gasteiger partial charge in [0.15, 0.2) is 5.82 Å². The summed E-state index contributed by atoms with van der Waals surface area (Å²) in [6.07, 6.45) is 8.43. The summed E-state index contributed by atoms with van der Waals surface area (Å²) in [5.74, 6) is 1.37. The van der Waals surface area contributed by atoms with Crippen molar-refractivity contribution in [3.63, 3.8) is 0 Å². The lowest BCUT2D eigenvalue weighted by Crippen LogP contribution is -2.46. The highest BCUT2D eigenvalue weighted by Gasteiger charge is 2.32. The van der Waals surface area contributed by atoms with E-state index in [0.29, 0.717) is 30.1 Å². The molecule has 1 saturated heterocycles. The number of amides is 1. The van der Waals surface area contributed by atoms with Crippen molar-refractivity contribution in [3.8, 4) is 5.88 Å². The average molecular weight is 512 g/mol. The molecular weight excluding hydrogens is 478 g/mol. The monoisotopic (exact) mass is 511 g/mol.